The predicted molar refractivity (Wildman–Crippen MR) is 82.8 cm³/mol. The summed E-state index contributed by atoms with van der Waals surface area (Å²) < 4.78 is 6.42. The van der Waals surface area contributed by atoms with E-state index in [1.807, 2.05) is 30.3 Å². The highest BCUT2D eigenvalue weighted by atomic mass is 28.4. The van der Waals surface area contributed by atoms with Gasteiger partial charge in [0, 0.05) is 6.42 Å². The van der Waals surface area contributed by atoms with E-state index in [0.29, 0.717) is 6.42 Å². The van der Waals surface area contributed by atoms with Crippen LogP contribution in [0.25, 0.3) is 0 Å². The predicted octanol–water partition coefficient (Wildman–Crippen LogP) is 4.73. The minimum atomic E-state index is -1.87. The quantitative estimate of drug-likeness (QED) is 0.728. The number of carbonyl (C=O) groups is 1. The monoisotopic (exact) mass is 278 g/mol. The van der Waals surface area contributed by atoms with Crippen molar-refractivity contribution < 1.29 is 9.22 Å². The highest BCUT2D eigenvalue weighted by molar-refractivity contribution is 6.74. The molecule has 1 aromatic rings. The lowest BCUT2D eigenvalue weighted by atomic mass is 10.1. The van der Waals surface area contributed by atoms with E-state index in [1.165, 1.54) is 0 Å². The van der Waals surface area contributed by atoms with Gasteiger partial charge in [0.05, 0.1) is 6.10 Å². The van der Waals surface area contributed by atoms with E-state index in [0.717, 1.165) is 5.56 Å². The second-order valence-electron chi connectivity index (χ2n) is 6.68. The van der Waals surface area contributed by atoms with Gasteiger partial charge in [-0.15, -0.1) is 0 Å². The van der Waals surface area contributed by atoms with Gasteiger partial charge in [-0.1, -0.05) is 51.1 Å². The summed E-state index contributed by atoms with van der Waals surface area (Å²) in [6.45, 7) is 12.7. The largest absolute Gasteiger partial charge is 0.409 e. The van der Waals surface area contributed by atoms with E-state index in [-0.39, 0.29) is 16.9 Å². The fraction of sp³-hybridized carbons (Fsp3) is 0.562. The van der Waals surface area contributed by atoms with E-state index in [9.17, 15) is 4.79 Å². The number of Topliss-reactive ketones (excluding diaryl/α,β-unsaturated/α-hetero) is 1. The summed E-state index contributed by atoms with van der Waals surface area (Å²) in [5.74, 6) is 0.174. The molecule has 0 heterocycles. The molecular formula is C16H26O2Si. The molecule has 0 aliphatic heterocycles. The smallest absolute Gasteiger partial charge is 0.192 e. The van der Waals surface area contributed by atoms with Crippen molar-refractivity contribution >= 4 is 14.1 Å². The van der Waals surface area contributed by atoms with Crippen LogP contribution in [0.3, 0.4) is 0 Å². The van der Waals surface area contributed by atoms with Gasteiger partial charge < -0.3 is 4.43 Å². The Labute approximate surface area is 118 Å². The number of hydrogen-bond acceptors (Lipinski definition) is 2. The maximum absolute atomic E-state index is 11.5. The molecule has 0 bridgehead atoms. The van der Waals surface area contributed by atoms with Gasteiger partial charge in [0.15, 0.2) is 8.32 Å². The summed E-state index contributed by atoms with van der Waals surface area (Å²) in [6, 6.07) is 10.1. The van der Waals surface area contributed by atoms with Crippen LogP contribution in [0.4, 0.5) is 0 Å². The standard InChI is InChI=1S/C16H26O2Si/c1-13(17)12-15(14-10-8-7-9-11-14)18-19(5,6)16(2,3)4/h7-11,15H,12H2,1-6H3. The first-order valence-electron chi connectivity index (χ1n) is 6.86. The normalized spacial score (nSPS) is 14.2. The first-order valence-corrected chi connectivity index (χ1v) is 9.76. The number of carbonyl (C=O) groups excluding carboxylic acids is 1. The Morgan fingerprint density at radius 1 is 1.21 bits per heavy atom. The molecular weight excluding hydrogens is 252 g/mol. The fourth-order valence-electron chi connectivity index (χ4n) is 1.69. The lowest BCUT2D eigenvalue weighted by Gasteiger charge is -2.39. The molecule has 1 aromatic carbocycles. The zero-order valence-corrected chi connectivity index (χ0v) is 14.0. The Morgan fingerprint density at radius 2 is 1.74 bits per heavy atom. The molecule has 0 radical (unpaired) electrons. The Bertz CT molecular complexity index is 418. The van der Waals surface area contributed by atoms with E-state index < -0.39 is 8.32 Å². The van der Waals surface area contributed by atoms with Crippen LogP contribution < -0.4 is 0 Å². The fourth-order valence-corrected chi connectivity index (χ4v) is 2.97. The molecule has 0 N–H and O–H groups in total. The van der Waals surface area contributed by atoms with Gasteiger partial charge >= 0.3 is 0 Å². The van der Waals surface area contributed by atoms with Crippen LogP contribution in [0.1, 0.15) is 45.8 Å². The van der Waals surface area contributed by atoms with Gasteiger partial charge in [0.25, 0.3) is 0 Å². The number of hydrogen-bond donors (Lipinski definition) is 0. The lowest BCUT2D eigenvalue weighted by molar-refractivity contribution is -0.118. The van der Waals surface area contributed by atoms with Gasteiger partial charge in [-0.25, -0.2) is 0 Å². The van der Waals surface area contributed by atoms with Crippen LogP contribution in [-0.2, 0) is 9.22 Å². The lowest BCUT2D eigenvalue weighted by Crippen LogP contribution is -2.42. The molecule has 0 aromatic heterocycles. The summed E-state index contributed by atoms with van der Waals surface area (Å²) in [4.78, 5) is 11.5. The Morgan fingerprint density at radius 3 is 2.16 bits per heavy atom. The van der Waals surface area contributed by atoms with Gasteiger partial charge in [-0.3, -0.25) is 4.79 Å². The van der Waals surface area contributed by atoms with Crippen molar-refractivity contribution in [2.24, 2.45) is 0 Å². The SMILES string of the molecule is CC(=O)CC(O[Si](C)(C)C(C)(C)C)c1ccccc1. The van der Waals surface area contributed by atoms with E-state index in [2.05, 4.69) is 33.9 Å². The van der Waals surface area contributed by atoms with Crippen LogP contribution >= 0.6 is 0 Å². The molecule has 0 amide bonds. The van der Waals surface area contributed by atoms with Crippen molar-refractivity contribution in [2.75, 3.05) is 0 Å². The molecule has 0 spiro atoms. The zero-order chi connectivity index (χ0) is 14.7. The second kappa shape index (κ2) is 6.01. The molecule has 2 nitrogen and oxygen atoms in total. The van der Waals surface area contributed by atoms with Crippen LogP contribution in [0.5, 0.6) is 0 Å². The summed E-state index contributed by atoms with van der Waals surface area (Å²) >= 11 is 0. The zero-order valence-electron chi connectivity index (χ0n) is 13.0. The highest BCUT2D eigenvalue weighted by Crippen LogP contribution is 2.40. The molecule has 1 atom stereocenters. The molecule has 19 heavy (non-hydrogen) atoms. The number of benzene rings is 1. The summed E-state index contributed by atoms with van der Waals surface area (Å²) in [6.07, 6.45) is 0.343. The Hall–Kier alpha value is -0.933. The van der Waals surface area contributed by atoms with Crippen molar-refractivity contribution in [3.8, 4) is 0 Å². The Kier molecular flexibility index (Phi) is 5.10. The molecule has 1 rings (SSSR count). The Balaban J connectivity index is 2.97. The average Bonchev–Trinajstić information content (AvgIpc) is 2.27. The summed E-state index contributed by atoms with van der Waals surface area (Å²) in [5, 5.41) is 0.150. The third-order valence-electron chi connectivity index (χ3n) is 3.89. The van der Waals surface area contributed by atoms with Crippen molar-refractivity contribution in [2.45, 2.75) is 58.4 Å². The average molecular weight is 278 g/mol. The van der Waals surface area contributed by atoms with Crippen LogP contribution in [-0.4, -0.2) is 14.1 Å². The van der Waals surface area contributed by atoms with Crippen molar-refractivity contribution in [1.82, 2.24) is 0 Å². The minimum absolute atomic E-state index is 0.111. The molecule has 0 saturated heterocycles. The first kappa shape index (κ1) is 16.1. The van der Waals surface area contributed by atoms with Crippen LogP contribution in [0.15, 0.2) is 30.3 Å². The molecule has 1 unspecified atom stereocenters. The molecule has 3 heteroatoms. The van der Waals surface area contributed by atoms with Crippen molar-refractivity contribution in [1.29, 1.82) is 0 Å². The highest BCUT2D eigenvalue weighted by Gasteiger charge is 2.39. The minimum Gasteiger partial charge on any atom is -0.409 e. The number of ketones is 1. The maximum atomic E-state index is 11.5. The topological polar surface area (TPSA) is 26.3 Å². The third-order valence-corrected chi connectivity index (χ3v) is 8.37. The summed E-state index contributed by atoms with van der Waals surface area (Å²) in [5.41, 5.74) is 1.10. The molecule has 0 saturated carbocycles. The van der Waals surface area contributed by atoms with Gasteiger partial charge in [-0.05, 0) is 30.6 Å². The van der Waals surface area contributed by atoms with E-state index in [4.69, 9.17) is 4.43 Å². The van der Waals surface area contributed by atoms with Gasteiger partial charge in [0.1, 0.15) is 5.78 Å². The van der Waals surface area contributed by atoms with Crippen molar-refractivity contribution in [3.05, 3.63) is 35.9 Å². The van der Waals surface area contributed by atoms with Crippen LogP contribution in [0.2, 0.25) is 18.1 Å². The molecule has 106 valence electrons. The molecule has 0 aliphatic carbocycles. The van der Waals surface area contributed by atoms with Gasteiger partial charge in [-0.2, -0.15) is 0 Å². The van der Waals surface area contributed by atoms with Crippen molar-refractivity contribution in [3.63, 3.8) is 0 Å². The van der Waals surface area contributed by atoms with E-state index in [1.54, 1.807) is 6.92 Å². The first-order chi connectivity index (χ1) is 8.63. The third kappa shape index (κ3) is 4.59. The molecule has 0 fully saturated rings. The summed E-state index contributed by atoms with van der Waals surface area (Å²) in [7, 11) is -1.87. The molecule has 0 aliphatic rings. The van der Waals surface area contributed by atoms with Crippen LogP contribution in [0, 0.1) is 0 Å². The second-order valence-corrected chi connectivity index (χ2v) is 11.4. The van der Waals surface area contributed by atoms with Gasteiger partial charge in [0.2, 0.25) is 0 Å². The number of rotatable bonds is 5. The van der Waals surface area contributed by atoms with E-state index >= 15 is 0 Å². The maximum Gasteiger partial charge on any atom is 0.192 e.